The van der Waals surface area contributed by atoms with E-state index in [2.05, 4.69) is 53.8 Å². The van der Waals surface area contributed by atoms with Gasteiger partial charge in [0.15, 0.2) is 0 Å². The van der Waals surface area contributed by atoms with Crippen LogP contribution in [0.4, 0.5) is 0 Å². The van der Waals surface area contributed by atoms with Crippen molar-refractivity contribution in [3.8, 4) is 11.1 Å². The van der Waals surface area contributed by atoms with Crippen molar-refractivity contribution in [2.45, 2.75) is 25.5 Å². The molecule has 0 spiro atoms. The molecule has 0 saturated carbocycles. The van der Waals surface area contributed by atoms with Gasteiger partial charge in [0, 0.05) is 0 Å². The van der Waals surface area contributed by atoms with Crippen LogP contribution in [0.3, 0.4) is 0 Å². The second-order valence-corrected chi connectivity index (χ2v) is 7.38. The Morgan fingerprint density at radius 2 is 1.57 bits per heavy atom. The normalized spacial score (nSPS) is 18.7. The van der Waals surface area contributed by atoms with Gasteiger partial charge in [-0.15, -0.1) is 0 Å². The van der Waals surface area contributed by atoms with E-state index >= 15 is 0 Å². The van der Waals surface area contributed by atoms with Crippen LogP contribution in [0.15, 0.2) is 84.9 Å². The van der Waals surface area contributed by atoms with E-state index in [1.165, 1.54) is 16.7 Å². The number of nitrogens with one attached hydrogen (secondary N) is 1. The van der Waals surface area contributed by atoms with Crippen LogP contribution in [0, 0.1) is 5.92 Å². The maximum absolute atomic E-state index is 12.4. The molecule has 28 heavy (non-hydrogen) atoms. The van der Waals surface area contributed by atoms with E-state index in [1.54, 1.807) is 0 Å². The maximum atomic E-state index is 12.4. The van der Waals surface area contributed by atoms with E-state index in [0.29, 0.717) is 12.5 Å². The van der Waals surface area contributed by atoms with E-state index in [0.717, 1.165) is 24.9 Å². The molecule has 0 aliphatic carbocycles. The summed E-state index contributed by atoms with van der Waals surface area (Å²) in [5.74, 6) is 0.279. The Morgan fingerprint density at radius 3 is 2.36 bits per heavy atom. The monoisotopic (exact) mass is 371 g/mol. The third-order valence-electron chi connectivity index (χ3n) is 5.34. The molecular formula is C25H25NO2. The van der Waals surface area contributed by atoms with E-state index in [9.17, 15) is 4.79 Å². The molecule has 1 fully saturated rings. The van der Waals surface area contributed by atoms with Crippen LogP contribution in [-0.4, -0.2) is 18.6 Å². The van der Waals surface area contributed by atoms with Crippen LogP contribution in [0.2, 0.25) is 0 Å². The van der Waals surface area contributed by atoms with Crippen LogP contribution in [0.5, 0.6) is 0 Å². The van der Waals surface area contributed by atoms with Gasteiger partial charge in [0.2, 0.25) is 0 Å². The zero-order chi connectivity index (χ0) is 19.2. The Morgan fingerprint density at radius 1 is 0.893 bits per heavy atom. The van der Waals surface area contributed by atoms with E-state index < -0.39 is 0 Å². The highest BCUT2D eigenvalue weighted by Crippen LogP contribution is 2.28. The zero-order valence-electron chi connectivity index (χ0n) is 15.9. The highest BCUT2D eigenvalue weighted by molar-refractivity contribution is 5.76. The Hall–Kier alpha value is -2.91. The Balaban J connectivity index is 1.36. The van der Waals surface area contributed by atoms with Gasteiger partial charge < -0.3 is 10.1 Å². The summed E-state index contributed by atoms with van der Waals surface area (Å²) >= 11 is 0. The average molecular weight is 371 g/mol. The summed E-state index contributed by atoms with van der Waals surface area (Å²) in [6.45, 7) is 1.17. The first-order valence-corrected chi connectivity index (χ1v) is 9.87. The molecule has 142 valence electrons. The summed E-state index contributed by atoms with van der Waals surface area (Å²) in [6, 6.07) is 28.6. The number of esters is 1. The lowest BCUT2D eigenvalue weighted by molar-refractivity contribution is -0.147. The highest BCUT2D eigenvalue weighted by Gasteiger charge is 2.30. The summed E-state index contributed by atoms with van der Waals surface area (Å²) < 4.78 is 5.50. The van der Waals surface area contributed by atoms with Gasteiger partial charge in [0.05, 0.1) is 0 Å². The highest BCUT2D eigenvalue weighted by atomic mass is 16.5. The zero-order valence-corrected chi connectivity index (χ0v) is 15.9. The van der Waals surface area contributed by atoms with E-state index in [-0.39, 0.29) is 12.0 Å². The number of carbonyl (C=O) groups is 1. The van der Waals surface area contributed by atoms with Crippen molar-refractivity contribution in [2.75, 3.05) is 6.54 Å². The first kappa shape index (κ1) is 18.5. The number of ether oxygens (including phenoxy) is 1. The van der Waals surface area contributed by atoms with Gasteiger partial charge in [-0.2, -0.15) is 0 Å². The molecule has 0 amide bonds. The smallest absolute Gasteiger partial charge is 0.323 e. The van der Waals surface area contributed by atoms with Gasteiger partial charge in [0.25, 0.3) is 0 Å². The third-order valence-corrected chi connectivity index (χ3v) is 5.34. The first-order chi connectivity index (χ1) is 13.8. The van der Waals surface area contributed by atoms with Crippen LogP contribution in [0.25, 0.3) is 11.1 Å². The second-order valence-electron chi connectivity index (χ2n) is 7.38. The first-order valence-electron chi connectivity index (χ1n) is 9.87. The van der Waals surface area contributed by atoms with Crippen molar-refractivity contribution in [1.29, 1.82) is 0 Å². The molecular weight excluding hydrogens is 346 g/mol. The lowest BCUT2D eigenvalue weighted by atomic mass is 9.91. The quantitative estimate of drug-likeness (QED) is 0.643. The second kappa shape index (κ2) is 8.85. The molecule has 2 atom stereocenters. The molecule has 3 aromatic carbocycles. The van der Waals surface area contributed by atoms with Crippen molar-refractivity contribution >= 4 is 5.97 Å². The number of rotatable bonds is 6. The largest absolute Gasteiger partial charge is 0.460 e. The van der Waals surface area contributed by atoms with Gasteiger partial charge in [-0.25, -0.2) is 0 Å². The summed E-state index contributed by atoms with van der Waals surface area (Å²) in [6.07, 6.45) is 1.78. The number of benzene rings is 3. The molecule has 0 bridgehead atoms. The molecule has 0 unspecified atom stereocenters. The third kappa shape index (κ3) is 4.49. The molecule has 0 radical (unpaired) electrons. The Bertz CT molecular complexity index is 908. The van der Waals surface area contributed by atoms with Crippen molar-refractivity contribution in [3.05, 3.63) is 96.1 Å². The van der Waals surface area contributed by atoms with Crippen LogP contribution in [-0.2, 0) is 22.6 Å². The standard InChI is InChI=1S/C25H25NO2/c27-25(28-18-19-9-3-1-4-10-19)24-16-20(17-26-24)15-22-13-7-8-14-23(22)21-11-5-2-6-12-21/h1-14,20,24,26H,15-18H2/t20-,24+/m0/s1. The van der Waals surface area contributed by atoms with Crippen molar-refractivity contribution in [1.82, 2.24) is 5.32 Å². The SMILES string of the molecule is O=C(OCc1ccccc1)[C@H]1C[C@H](Cc2ccccc2-c2ccccc2)CN1. The fourth-order valence-corrected chi connectivity index (χ4v) is 3.88. The molecule has 0 aromatic heterocycles. The predicted molar refractivity (Wildman–Crippen MR) is 112 cm³/mol. The minimum Gasteiger partial charge on any atom is -0.460 e. The molecule has 4 rings (SSSR count). The van der Waals surface area contributed by atoms with Gasteiger partial charge in [-0.3, -0.25) is 4.79 Å². The van der Waals surface area contributed by atoms with Gasteiger partial charge >= 0.3 is 5.97 Å². The lowest BCUT2D eigenvalue weighted by Crippen LogP contribution is -2.32. The Kier molecular flexibility index (Phi) is 5.83. The van der Waals surface area contributed by atoms with Gasteiger partial charge in [-0.05, 0) is 47.6 Å². The summed E-state index contributed by atoms with van der Waals surface area (Å²) in [7, 11) is 0. The summed E-state index contributed by atoms with van der Waals surface area (Å²) in [4.78, 5) is 12.4. The average Bonchev–Trinajstić information content (AvgIpc) is 3.22. The Labute approximate surface area is 166 Å². The maximum Gasteiger partial charge on any atom is 0.323 e. The number of hydrogen-bond donors (Lipinski definition) is 1. The fraction of sp³-hybridized carbons (Fsp3) is 0.240. The summed E-state index contributed by atoms with van der Waals surface area (Å²) in [5, 5.41) is 3.35. The van der Waals surface area contributed by atoms with Crippen molar-refractivity contribution in [2.24, 2.45) is 5.92 Å². The topological polar surface area (TPSA) is 38.3 Å². The van der Waals surface area contributed by atoms with E-state index in [1.807, 2.05) is 36.4 Å². The molecule has 1 aliphatic rings. The lowest BCUT2D eigenvalue weighted by Gasteiger charge is -2.14. The minimum atomic E-state index is -0.211. The predicted octanol–water partition coefficient (Wildman–Crippen LogP) is 4.62. The van der Waals surface area contributed by atoms with Gasteiger partial charge in [-0.1, -0.05) is 84.9 Å². The van der Waals surface area contributed by atoms with Crippen LogP contribution >= 0.6 is 0 Å². The molecule has 1 saturated heterocycles. The molecule has 1 aliphatic heterocycles. The molecule has 1 heterocycles. The fourth-order valence-electron chi connectivity index (χ4n) is 3.88. The summed E-state index contributed by atoms with van der Waals surface area (Å²) in [5.41, 5.74) is 4.86. The van der Waals surface area contributed by atoms with Gasteiger partial charge in [0.1, 0.15) is 12.6 Å². The molecule has 3 nitrogen and oxygen atoms in total. The van der Waals surface area contributed by atoms with Crippen molar-refractivity contribution < 1.29 is 9.53 Å². The van der Waals surface area contributed by atoms with Crippen molar-refractivity contribution in [3.63, 3.8) is 0 Å². The van der Waals surface area contributed by atoms with E-state index in [4.69, 9.17) is 4.74 Å². The number of carbonyl (C=O) groups excluding carboxylic acids is 1. The number of hydrogen-bond acceptors (Lipinski definition) is 3. The molecule has 3 aromatic rings. The minimum absolute atomic E-state index is 0.150. The molecule has 3 heteroatoms. The van der Waals surface area contributed by atoms with Crippen LogP contribution in [0.1, 0.15) is 17.5 Å². The molecule has 1 N–H and O–H groups in total. The van der Waals surface area contributed by atoms with Crippen LogP contribution < -0.4 is 5.32 Å².